The SMILES string of the molecule is Cc1ccc(-c2ccccc2)n1-c1ccc(C(=O)N/N=C/c2ccc(Oc3ccc([N+](=O)[O-])cn3)cc2)cc1. The molecule has 39 heavy (non-hydrogen) atoms. The molecule has 0 aliphatic carbocycles. The van der Waals surface area contributed by atoms with Crippen LogP contribution in [-0.4, -0.2) is 26.6 Å². The highest BCUT2D eigenvalue weighted by atomic mass is 16.6. The Bertz CT molecular complexity index is 1630. The van der Waals surface area contributed by atoms with Crippen LogP contribution in [0.4, 0.5) is 5.69 Å². The van der Waals surface area contributed by atoms with Crippen LogP contribution in [0.1, 0.15) is 21.6 Å². The summed E-state index contributed by atoms with van der Waals surface area (Å²) in [6.07, 6.45) is 2.66. The van der Waals surface area contributed by atoms with Crippen LogP contribution in [0.5, 0.6) is 11.6 Å². The molecule has 0 aliphatic heterocycles. The molecular formula is C30H23N5O4. The molecule has 192 valence electrons. The van der Waals surface area contributed by atoms with Crippen LogP contribution in [-0.2, 0) is 0 Å². The molecule has 0 unspecified atom stereocenters. The second-order valence-corrected chi connectivity index (χ2v) is 8.59. The molecule has 5 aromatic rings. The monoisotopic (exact) mass is 517 g/mol. The molecule has 9 nitrogen and oxygen atoms in total. The highest BCUT2D eigenvalue weighted by molar-refractivity contribution is 5.95. The molecule has 3 aromatic carbocycles. The van der Waals surface area contributed by atoms with E-state index in [0.29, 0.717) is 11.3 Å². The molecule has 2 heterocycles. The van der Waals surface area contributed by atoms with Gasteiger partial charge in [0, 0.05) is 29.1 Å². The van der Waals surface area contributed by atoms with Gasteiger partial charge in [-0.25, -0.2) is 10.4 Å². The summed E-state index contributed by atoms with van der Waals surface area (Å²) in [5.41, 5.74) is 7.91. The Labute approximate surface area is 224 Å². The third kappa shape index (κ3) is 5.89. The van der Waals surface area contributed by atoms with Gasteiger partial charge in [-0.1, -0.05) is 30.3 Å². The molecule has 9 heteroatoms. The van der Waals surface area contributed by atoms with Crippen molar-refractivity contribution < 1.29 is 14.5 Å². The topological polar surface area (TPSA) is 112 Å². The van der Waals surface area contributed by atoms with Crippen molar-refractivity contribution >= 4 is 17.8 Å². The van der Waals surface area contributed by atoms with Gasteiger partial charge in [0.15, 0.2) is 0 Å². The molecule has 5 rings (SSSR count). The maximum Gasteiger partial charge on any atom is 0.287 e. The number of rotatable bonds is 8. The van der Waals surface area contributed by atoms with E-state index >= 15 is 0 Å². The Morgan fingerprint density at radius 3 is 2.36 bits per heavy atom. The summed E-state index contributed by atoms with van der Waals surface area (Å²) in [6, 6.07) is 31.4. The average molecular weight is 518 g/mol. The Balaban J connectivity index is 1.19. The molecule has 0 fully saturated rings. The van der Waals surface area contributed by atoms with E-state index in [4.69, 9.17) is 4.74 Å². The van der Waals surface area contributed by atoms with E-state index in [1.807, 2.05) is 37.3 Å². The number of hydrogen-bond acceptors (Lipinski definition) is 6. The second-order valence-electron chi connectivity index (χ2n) is 8.59. The van der Waals surface area contributed by atoms with Crippen LogP contribution >= 0.6 is 0 Å². The summed E-state index contributed by atoms with van der Waals surface area (Å²) in [6.45, 7) is 2.05. The highest BCUT2D eigenvalue weighted by Crippen LogP contribution is 2.26. The van der Waals surface area contributed by atoms with E-state index in [2.05, 4.69) is 44.3 Å². The molecule has 0 spiro atoms. The first kappa shape index (κ1) is 25.1. The molecule has 0 saturated heterocycles. The lowest BCUT2D eigenvalue weighted by atomic mass is 10.1. The molecule has 0 aliphatic rings. The Kier molecular flexibility index (Phi) is 7.22. The Hall–Kier alpha value is -5.57. The normalized spacial score (nSPS) is 10.9. The summed E-state index contributed by atoms with van der Waals surface area (Å²) >= 11 is 0. The van der Waals surface area contributed by atoms with E-state index in [9.17, 15) is 14.9 Å². The number of benzene rings is 3. The van der Waals surface area contributed by atoms with Crippen LogP contribution < -0.4 is 10.2 Å². The van der Waals surface area contributed by atoms with Crippen LogP contribution in [0.3, 0.4) is 0 Å². The maximum absolute atomic E-state index is 12.6. The van der Waals surface area contributed by atoms with Gasteiger partial charge in [-0.15, -0.1) is 0 Å². The number of carbonyl (C=O) groups is 1. The Morgan fingerprint density at radius 1 is 0.949 bits per heavy atom. The number of pyridine rings is 1. The zero-order chi connectivity index (χ0) is 27.2. The predicted octanol–water partition coefficient (Wildman–Crippen LogP) is 6.31. The van der Waals surface area contributed by atoms with Crippen molar-refractivity contribution in [2.45, 2.75) is 6.92 Å². The number of nitro groups is 1. The molecular weight excluding hydrogens is 494 g/mol. The zero-order valence-electron chi connectivity index (χ0n) is 20.9. The van der Waals surface area contributed by atoms with Crippen LogP contribution in [0.25, 0.3) is 16.9 Å². The first-order valence-electron chi connectivity index (χ1n) is 12.0. The van der Waals surface area contributed by atoms with Gasteiger partial charge in [-0.2, -0.15) is 5.10 Å². The van der Waals surface area contributed by atoms with Gasteiger partial charge < -0.3 is 9.30 Å². The molecule has 0 bridgehead atoms. The number of carbonyl (C=O) groups excluding carboxylic acids is 1. The minimum atomic E-state index is -0.523. The number of ether oxygens (including phenoxy) is 1. The largest absolute Gasteiger partial charge is 0.439 e. The summed E-state index contributed by atoms with van der Waals surface area (Å²) in [5.74, 6) is 0.420. The van der Waals surface area contributed by atoms with Gasteiger partial charge in [0.05, 0.1) is 16.8 Å². The molecule has 1 N–H and O–H groups in total. The van der Waals surface area contributed by atoms with Gasteiger partial charge >= 0.3 is 0 Å². The number of nitrogens with zero attached hydrogens (tertiary/aromatic N) is 4. The molecule has 2 aromatic heterocycles. The summed E-state index contributed by atoms with van der Waals surface area (Å²) in [7, 11) is 0. The lowest BCUT2D eigenvalue weighted by molar-refractivity contribution is -0.385. The highest BCUT2D eigenvalue weighted by Gasteiger charge is 2.11. The number of nitrogens with one attached hydrogen (secondary N) is 1. The zero-order valence-corrected chi connectivity index (χ0v) is 20.9. The maximum atomic E-state index is 12.6. The third-order valence-corrected chi connectivity index (χ3v) is 5.95. The second kappa shape index (κ2) is 11.2. The standard InChI is InChI=1S/C30H23N5O4/c1-21-7-17-28(23-5-3-2-4-6-23)34(21)25-12-10-24(11-13-25)30(36)33-32-19-22-8-15-27(16-9-22)39-29-18-14-26(20-31-29)35(37)38/h2-20H,1H3,(H,33,36)/b32-19+. The van der Waals surface area contributed by atoms with Crippen LogP contribution in [0, 0.1) is 17.0 Å². The molecule has 0 saturated carbocycles. The fraction of sp³-hybridized carbons (Fsp3) is 0.0333. The smallest absolute Gasteiger partial charge is 0.287 e. The van der Waals surface area contributed by atoms with Crippen molar-refractivity contribution in [3.63, 3.8) is 0 Å². The van der Waals surface area contributed by atoms with Crippen molar-refractivity contribution in [3.05, 3.63) is 136 Å². The van der Waals surface area contributed by atoms with Crippen molar-refractivity contribution in [2.24, 2.45) is 5.10 Å². The number of hydrogen-bond donors (Lipinski definition) is 1. The lowest BCUT2D eigenvalue weighted by Crippen LogP contribution is -2.17. The van der Waals surface area contributed by atoms with E-state index in [-0.39, 0.29) is 17.5 Å². The number of aryl methyl sites for hydroxylation is 1. The Morgan fingerprint density at radius 2 is 1.69 bits per heavy atom. The fourth-order valence-corrected chi connectivity index (χ4v) is 3.99. The minimum Gasteiger partial charge on any atom is -0.439 e. The third-order valence-electron chi connectivity index (χ3n) is 5.95. The predicted molar refractivity (Wildman–Crippen MR) is 148 cm³/mol. The van der Waals surface area contributed by atoms with E-state index in [1.165, 1.54) is 18.3 Å². The average Bonchev–Trinajstić information content (AvgIpc) is 3.36. The van der Waals surface area contributed by atoms with Crippen LogP contribution in [0.2, 0.25) is 0 Å². The summed E-state index contributed by atoms with van der Waals surface area (Å²) in [4.78, 5) is 26.7. The van der Waals surface area contributed by atoms with Gasteiger partial charge in [0.25, 0.3) is 11.6 Å². The molecule has 0 radical (unpaired) electrons. The fourth-order valence-electron chi connectivity index (χ4n) is 3.99. The van der Waals surface area contributed by atoms with Crippen molar-refractivity contribution in [3.8, 4) is 28.6 Å². The summed E-state index contributed by atoms with van der Waals surface area (Å²) < 4.78 is 7.75. The van der Waals surface area contributed by atoms with E-state index < -0.39 is 4.92 Å². The quantitative estimate of drug-likeness (QED) is 0.147. The van der Waals surface area contributed by atoms with Crippen molar-refractivity contribution in [2.75, 3.05) is 0 Å². The molecule has 1 amide bonds. The number of amides is 1. The van der Waals surface area contributed by atoms with Gasteiger partial charge in [-0.3, -0.25) is 14.9 Å². The van der Waals surface area contributed by atoms with Crippen molar-refractivity contribution in [1.29, 1.82) is 0 Å². The number of aromatic nitrogens is 2. The first-order chi connectivity index (χ1) is 19.0. The van der Waals surface area contributed by atoms with Gasteiger partial charge in [-0.05, 0) is 78.7 Å². The summed E-state index contributed by atoms with van der Waals surface area (Å²) in [5, 5.41) is 14.8. The first-order valence-corrected chi connectivity index (χ1v) is 12.0. The van der Waals surface area contributed by atoms with Crippen LogP contribution in [0.15, 0.2) is 114 Å². The van der Waals surface area contributed by atoms with Gasteiger partial charge in [0.2, 0.25) is 5.88 Å². The van der Waals surface area contributed by atoms with Gasteiger partial charge in [0.1, 0.15) is 11.9 Å². The van der Waals surface area contributed by atoms with E-state index in [0.717, 1.165) is 34.4 Å². The molecule has 0 atom stereocenters. The van der Waals surface area contributed by atoms with E-state index in [1.54, 1.807) is 36.4 Å². The minimum absolute atomic E-state index is 0.111. The lowest BCUT2D eigenvalue weighted by Gasteiger charge is -2.12. The van der Waals surface area contributed by atoms with Crippen molar-refractivity contribution in [1.82, 2.24) is 15.0 Å². The number of hydrazone groups is 1.